The van der Waals surface area contributed by atoms with Gasteiger partial charge in [-0.25, -0.2) is 4.98 Å². The number of nitrogens with zero attached hydrogens (tertiary/aromatic N) is 2. The summed E-state index contributed by atoms with van der Waals surface area (Å²) in [6.45, 7) is 4.11. The van der Waals surface area contributed by atoms with E-state index < -0.39 is 0 Å². The number of hydrogen-bond donors (Lipinski definition) is 1. The molecule has 1 aliphatic carbocycles. The van der Waals surface area contributed by atoms with Gasteiger partial charge in [0.15, 0.2) is 5.16 Å². The van der Waals surface area contributed by atoms with Crippen LogP contribution in [0.4, 0.5) is 0 Å². The van der Waals surface area contributed by atoms with E-state index >= 15 is 0 Å². The molecule has 1 N–H and O–H groups in total. The maximum Gasteiger partial charge on any atom is 0.263 e. The molecule has 1 saturated carbocycles. The van der Waals surface area contributed by atoms with E-state index in [-0.39, 0.29) is 17.2 Å². The van der Waals surface area contributed by atoms with E-state index in [0.29, 0.717) is 23.1 Å². The van der Waals surface area contributed by atoms with E-state index in [2.05, 4.69) is 16.9 Å². The van der Waals surface area contributed by atoms with Gasteiger partial charge < -0.3 is 5.32 Å². The summed E-state index contributed by atoms with van der Waals surface area (Å²) in [6, 6.07) is 2.08. The first-order chi connectivity index (χ1) is 12.2. The van der Waals surface area contributed by atoms with E-state index in [4.69, 9.17) is 0 Å². The Morgan fingerprint density at radius 1 is 1.40 bits per heavy atom. The molecule has 1 aliphatic rings. The average Bonchev–Trinajstić information content (AvgIpc) is 2.93. The molecule has 1 amide bonds. The van der Waals surface area contributed by atoms with Crippen molar-refractivity contribution in [3.63, 3.8) is 0 Å². The summed E-state index contributed by atoms with van der Waals surface area (Å²) in [4.78, 5) is 30.2. The Morgan fingerprint density at radius 3 is 2.88 bits per heavy atom. The highest BCUT2D eigenvalue weighted by atomic mass is 32.2. The number of carbonyl (C=O) groups excluding carboxylic acids is 1. The molecule has 0 atom stereocenters. The lowest BCUT2D eigenvalue weighted by atomic mass is 10.1. The zero-order valence-electron chi connectivity index (χ0n) is 14.2. The summed E-state index contributed by atoms with van der Waals surface area (Å²) in [5.74, 6) is 0.291. The van der Waals surface area contributed by atoms with E-state index in [0.717, 1.165) is 17.7 Å². The van der Waals surface area contributed by atoms with Gasteiger partial charge >= 0.3 is 0 Å². The van der Waals surface area contributed by atoms with Crippen LogP contribution in [0.15, 0.2) is 34.1 Å². The number of thiophene rings is 1. The molecule has 0 unspecified atom stereocenters. The van der Waals surface area contributed by atoms with Gasteiger partial charge in [0.25, 0.3) is 5.56 Å². The maximum absolute atomic E-state index is 12.6. The Kier molecular flexibility index (Phi) is 6.31. The first kappa shape index (κ1) is 18.2. The molecule has 0 radical (unpaired) electrons. The fraction of sp³-hybridized carbons (Fsp3) is 0.500. The van der Waals surface area contributed by atoms with Crippen molar-refractivity contribution in [3.8, 4) is 0 Å². The number of amides is 1. The first-order valence-electron chi connectivity index (χ1n) is 8.70. The molecule has 0 spiro atoms. The Labute approximate surface area is 155 Å². The number of thioether (sulfide) groups is 1. The van der Waals surface area contributed by atoms with Gasteiger partial charge in [0, 0.05) is 12.6 Å². The molecule has 5 nitrogen and oxygen atoms in total. The second kappa shape index (κ2) is 8.67. The summed E-state index contributed by atoms with van der Waals surface area (Å²) < 4.78 is 1.59. The number of rotatable bonds is 6. The normalized spacial score (nSPS) is 15.8. The van der Waals surface area contributed by atoms with Crippen LogP contribution in [0.2, 0.25) is 0 Å². The van der Waals surface area contributed by atoms with Crippen molar-refractivity contribution < 1.29 is 4.79 Å². The number of carbonyl (C=O) groups is 1. The van der Waals surface area contributed by atoms with Crippen LogP contribution >= 0.6 is 23.1 Å². The minimum atomic E-state index is -0.0715. The zero-order valence-corrected chi connectivity index (χ0v) is 15.8. The molecule has 3 rings (SSSR count). The topological polar surface area (TPSA) is 64.0 Å². The van der Waals surface area contributed by atoms with E-state index in [9.17, 15) is 9.59 Å². The molecular weight excluding hydrogens is 354 g/mol. The van der Waals surface area contributed by atoms with Gasteiger partial charge in [-0.15, -0.1) is 17.9 Å². The SMILES string of the molecule is C=CCn1c(SCC(=O)NC2CCCCCC2)nc2sccc2c1=O. The van der Waals surface area contributed by atoms with Gasteiger partial charge in [0.2, 0.25) is 5.91 Å². The molecule has 134 valence electrons. The van der Waals surface area contributed by atoms with Crippen LogP contribution in [-0.4, -0.2) is 27.3 Å². The van der Waals surface area contributed by atoms with Crippen LogP contribution in [0.5, 0.6) is 0 Å². The van der Waals surface area contributed by atoms with Crippen molar-refractivity contribution in [1.82, 2.24) is 14.9 Å². The summed E-state index contributed by atoms with van der Waals surface area (Å²) in [5.41, 5.74) is -0.0715. The smallest absolute Gasteiger partial charge is 0.263 e. The number of fused-ring (bicyclic) bond motifs is 1. The molecule has 1 fully saturated rings. The number of hydrogen-bond acceptors (Lipinski definition) is 5. The molecule has 25 heavy (non-hydrogen) atoms. The van der Waals surface area contributed by atoms with Crippen molar-refractivity contribution in [1.29, 1.82) is 0 Å². The van der Waals surface area contributed by atoms with Crippen LogP contribution in [0.25, 0.3) is 10.2 Å². The highest BCUT2D eigenvalue weighted by Gasteiger charge is 2.17. The van der Waals surface area contributed by atoms with Crippen LogP contribution < -0.4 is 10.9 Å². The van der Waals surface area contributed by atoms with E-state index in [1.807, 2.05) is 5.38 Å². The predicted octanol–water partition coefficient (Wildman–Crippen LogP) is 3.58. The second-order valence-corrected chi connectivity index (χ2v) is 8.12. The molecule has 2 aromatic heterocycles. The molecule has 7 heteroatoms. The zero-order chi connectivity index (χ0) is 17.6. The van der Waals surface area contributed by atoms with Gasteiger partial charge in [-0.2, -0.15) is 0 Å². The monoisotopic (exact) mass is 377 g/mol. The highest BCUT2D eigenvalue weighted by Crippen LogP contribution is 2.22. The van der Waals surface area contributed by atoms with Gasteiger partial charge in [0.05, 0.1) is 11.1 Å². The third-order valence-electron chi connectivity index (χ3n) is 4.41. The van der Waals surface area contributed by atoms with E-state index in [1.54, 1.807) is 16.7 Å². The molecule has 2 aromatic rings. The molecule has 0 aromatic carbocycles. The van der Waals surface area contributed by atoms with Crippen LogP contribution in [0.3, 0.4) is 0 Å². The van der Waals surface area contributed by atoms with Crippen LogP contribution in [0, 0.1) is 0 Å². The third kappa shape index (κ3) is 4.52. The Hall–Kier alpha value is -1.60. The second-order valence-electron chi connectivity index (χ2n) is 6.28. The number of nitrogens with one attached hydrogen (secondary N) is 1. The fourth-order valence-corrected chi connectivity index (χ4v) is 4.78. The number of aromatic nitrogens is 2. The molecule has 0 bridgehead atoms. The van der Waals surface area contributed by atoms with E-state index in [1.165, 1.54) is 48.8 Å². The van der Waals surface area contributed by atoms with Gasteiger partial charge in [-0.1, -0.05) is 43.5 Å². The quantitative estimate of drug-likeness (QED) is 0.362. The lowest BCUT2D eigenvalue weighted by molar-refractivity contribution is -0.119. The minimum Gasteiger partial charge on any atom is -0.353 e. The standard InChI is InChI=1S/C18H23N3O2S2/c1-2-10-21-17(23)14-9-11-24-16(14)20-18(21)25-12-15(22)19-13-7-5-3-4-6-8-13/h2,9,11,13H,1,3-8,10,12H2,(H,19,22). The minimum absolute atomic E-state index is 0.0163. The summed E-state index contributed by atoms with van der Waals surface area (Å²) in [6.07, 6.45) is 8.71. The lowest BCUT2D eigenvalue weighted by Crippen LogP contribution is -2.35. The van der Waals surface area contributed by atoms with Gasteiger partial charge in [0.1, 0.15) is 4.83 Å². The van der Waals surface area contributed by atoms with Crippen molar-refractivity contribution >= 4 is 39.2 Å². The molecule has 0 saturated heterocycles. The molecule has 0 aliphatic heterocycles. The van der Waals surface area contributed by atoms with Crippen molar-refractivity contribution in [3.05, 3.63) is 34.5 Å². The maximum atomic E-state index is 12.6. The lowest BCUT2D eigenvalue weighted by Gasteiger charge is -2.16. The summed E-state index contributed by atoms with van der Waals surface area (Å²) in [5, 5.41) is 6.20. The Bertz CT molecular complexity index is 804. The predicted molar refractivity (Wildman–Crippen MR) is 104 cm³/mol. The van der Waals surface area contributed by atoms with Gasteiger partial charge in [-0.3, -0.25) is 14.2 Å². The van der Waals surface area contributed by atoms with Crippen LogP contribution in [-0.2, 0) is 11.3 Å². The Balaban J connectivity index is 1.69. The first-order valence-corrected chi connectivity index (χ1v) is 10.6. The highest BCUT2D eigenvalue weighted by molar-refractivity contribution is 7.99. The average molecular weight is 378 g/mol. The summed E-state index contributed by atoms with van der Waals surface area (Å²) in [7, 11) is 0. The Morgan fingerprint density at radius 2 is 2.16 bits per heavy atom. The molecular formula is C18H23N3O2S2. The molecule has 2 heterocycles. The van der Waals surface area contributed by atoms with Crippen LogP contribution in [0.1, 0.15) is 38.5 Å². The summed E-state index contributed by atoms with van der Waals surface area (Å²) >= 11 is 2.76. The van der Waals surface area contributed by atoms with Crippen molar-refractivity contribution in [2.75, 3.05) is 5.75 Å². The third-order valence-corrected chi connectivity index (χ3v) is 6.20. The largest absolute Gasteiger partial charge is 0.353 e. The van der Waals surface area contributed by atoms with Crippen molar-refractivity contribution in [2.24, 2.45) is 0 Å². The number of allylic oxidation sites excluding steroid dienone is 1. The van der Waals surface area contributed by atoms with Gasteiger partial charge in [-0.05, 0) is 24.3 Å². The fourth-order valence-electron chi connectivity index (χ4n) is 3.15. The van der Waals surface area contributed by atoms with Crippen molar-refractivity contribution in [2.45, 2.75) is 56.3 Å².